The van der Waals surface area contributed by atoms with Gasteiger partial charge in [0.2, 0.25) is 11.8 Å². The Bertz CT molecular complexity index is 771. The lowest BCUT2D eigenvalue weighted by Gasteiger charge is -2.23. The molecule has 0 radical (unpaired) electrons. The Balaban J connectivity index is 1.94. The fraction of sp³-hybridized carbons (Fsp3) is 0.125. The molecule has 0 atom stereocenters. The summed E-state index contributed by atoms with van der Waals surface area (Å²) in [6, 6.07) is 10.3. The molecule has 1 aliphatic heterocycles. The smallest absolute Gasteiger partial charge is 0.221 e. The van der Waals surface area contributed by atoms with Crippen LogP contribution in [-0.2, 0) is 9.59 Å². The van der Waals surface area contributed by atoms with Crippen LogP contribution in [0.3, 0.4) is 0 Å². The number of nitrogens with one attached hydrogen (secondary N) is 2. The monoisotopic (exact) mass is 298 g/mol. The van der Waals surface area contributed by atoms with E-state index in [1.807, 2.05) is 0 Å². The second kappa shape index (κ2) is 5.40. The Morgan fingerprint density at radius 3 is 2.36 bits per heavy atom. The van der Waals surface area contributed by atoms with E-state index in [1.54, 1.807) is 36.4 Å². The Hall–Kier alpha value is -3.02. The summed E-state index contributed by atoms with van der Waals surface area (Å²) in [5.74, 6) is 1.61. The SMILES string of the molecule is CC(=O)Nc1ccc2c(c1)Oc1cccc(NC(C)=O)c1O2. The molecule has 1 aliphatic rings. The van der Waals surface area contributed by atoms with Gasteiger partial charge in [0.1, 0.15) is 0 Å². The zero-order valence-electron chi connectivity index (χ0n) is 12.1. The Labute approximate surface area is 127 Å². The van der Waals surface area contributed by atoms with Crippen LogP contribution < -0.4 is 20.1 Å². The van der Waals surface area contributed by atoms with Crippen LogP contribution in [0.1, 0.15) is 13.8 Å². The quantitative estimate of drug-likeness (QED) is 0.759. The topological polar surface area (TPSA) is 76.7 Å². The van der Waals surface area contributed by atoms with E-state index in [4.69, 9.17) is 9.47 Å². The molecule has 0 fully saturated rings. The van der Waals surface area contributed by atoms with Crippen LogP contribution in [0.5, 0.6) is 23.0 Å². The molecule has 0 aliphatic carbocycles. The Kier molecular flexibility index (Phi) is 3.42. The molecule has 112 valence electrons. The summed E-state index contributed by atoms with van der Waals surface area (Å²) >= 11 is 0. The molecule has 2 N–H and O–H groups in total. The number of benzene rings is 2. The first kappa shape index (κ1) is 13.9. The molecule has 2 aromatic rings. The average molecular weight is 298 g/mol. The lowest BCUT2D eigenvalue weighted by Crippen LogP contribution is -2.09. The van der Waals surface area contributed by atoms with Gasteiger partial charge in [-0.1, -0.05) is 6.07 Å². The van der Waals surface area contributed by atoms with Gasteiger partial charge in [-0.15, -0.1) is 0 Å². The van der Waals surface area contributed by atoms with E-state index in [9.17, 15) is 9.59 Å². The minimum absolute atomic E-state index is 0.162. The lowest BCUT2D eigenvalue weighted by molar-refractivity contribution is -0.115. The molecule has 0 aromatic heterocycles. The van der Waals surface area contributed by atoms with E-state index in [-0.39, 0.29) is 11.8 Å². The summed E-state index contributed by atoms with van der Waals surface area (Å²) in [4.78, 5) is 22.3. The third kappa shape index (κ3) is 2.71. The summed E-state index contributed by atoms with van der Waals surface area (Å²) in [7, 11) is 0. The highest BCUT2D eigenvalue weighted by Gasteiger charge is 2.22. The second-order valence-corrected chi connectivity index (χ2v) is 4.86. The fourth-order valence-electron chi connectivity index (χ4n) is 2.17. The molecule has 2 aromatic carbocycles. The van der Waals surface area contributed by atoms with Gasteiger partial charge in [0.05, 0.1) is 5.69 Å². The maximum atomic E-state index is 11.2. The number of carbonyl (C=O) groups is 2. The van der Waals surface area contributed by atoms with E-state index >= 15 is 0 Å². The summed E-state index contributed by atoms with van der Waals surface area (Å²) in [6.45, 7) is 2.86. The number of fused-ring (bicyclic) bond motifs is 2. The average Bonchev–Trinajstić information content (AvgIpc) is 2.44. The van der Waals surface area contributed by atoms with Crippen LogP contribution in [0.15, 0.2) is 36.4 Å². The maximum Gasteiger partial charge on any atom is 0.221 e. The molecule has 3 rings (SSSR count). The van der Waals surface area contributed by atoms with Crippen molar-refractivity contribution in [1.29, 1.82) is 0 Å². The molecule has 1 heterocycles. The molecule has 0 saturated carbocycles. The first-order valence-electron chi connectivity index (χ1n) is 6.71. The molecule has 2 amide bonds. The minimum atomic E-state index is -0.191. The number of rotatable bonds is 2. The highest BCUT2D eigenvalue weighted by molar-refractivity contribution is 5.92. The van der Waals surface area contributed by atoms with E-state index in [2.05, 4.69) is 10.6 Å². The first-order chi connectivity index (χ1) is 10.5. The molecule has 0 bridgehead atoms. The van der Waals surface area contributed by atoms with Crippen molar-refractivity contribution in [2.45, 2.75) is 13.8 Å². The highest BCUT2D eigenvalue weighted by atomic mass is 16.6. The van der Waals surface area contributed by atoms with Gasteiger partial charge < -0.3 is 20.1 Å². The normalized spacial score (nSPS) is 11.4. The highest BCUT2D eigenvalue weighted by Crippen LogP contribution is 2.49. The second-order valence-electron chi connectivity index (χ2n) is 4.86. The van der Waals surface area contributed by atoms with Crippen molar-refractivity contribution in [3.05, 3.63) is 36.4 Å². The number of hydrogen-bond donors (Lipinski definition) is 2. The van der Waals surface area contributed by atoms with Gasteiger partial charge in [0.25, 0.3) is 0 Å². The first-order valence-corrected chi connectivity index (χ1v) is 6.71. The zero-order valence-corrected chi connectivity index (χ0v) is 12.1. The van der Waals surface area contributed by atoms with Crippen molar-refractivity contribution in [1.82, 2.24) is 0 Å². The summed E-state index contributed by atoms with van der Waals surface area (Å²) < 4.78 is 11.6. The van der Waals surface area contributed by atoms with Crippen LogP contribution in [0.2, 0.25) is 0 Å². The molecule has 6 nitrogen and oxygen atoms in total. The van der Waals surface area contributed by atoms with Crippen LogP contribution in [0.25, 0.3) is 0 Å². The van der Waals surface area contributed by atoms with E-state index in [0.717, 1.165) is 0 Å². The fourth-order valence-corrected chi connectivity index (χ4v) is 2.17. The number of hydrogen-bond acceptors (Lipinski definition) is 4. The van der Waals surface area contributed by atoms with Crippen molar-refractivity contribution >= 4 is 23.2 Å². The lowest BCUT2D eigenvalue weighted by atomic mass is 10.2. The molecular weight excluding hydrogens is 284 g/mol. The maximum absolute atomic E-state index is 11.2. The Morgan fingerprint density at radius 1 is 0.864 bits per heavy atom. The predicted octanol–water partition coefficient (Wildman–Crippen LogP) is 3.50. The summed E-state index contributed by atoms with van der Waals surface area (Å²) in [5.41, 5.74) is 1.16. The van der Waals surface area contributed by atoms with Gasteiger partial charge >= 0.3 is 0 Å². The van der Waals surface area contributed by atoms with Crippen molar-refractivity contribution < 1.29 is 19.1 Å². The Morgan fingerprint density at radius 2 is 1.64 bits per heavy atom. The van der Waals surface area contributed by atoms with Crippen molar-refractivity contribution in [3.63, 3.8) is 0 Å². The van der Waals surface area contributed by atoms with Gasteiger partial charge in [-0.2, -0.15) is 0 Å². The number of para-hydroxylation sites is 1. The largest absolute Gasteiger partial charge is 0.449 e. The summed E-state index contributed by atoms with van der Waals surface area (Å²) in [5, 5.41) is 5.39. The number of amides is 2. The molecule has 22 heavy (non-hydrogen) atoms. The van der Waals surface area contributed by atoms with Crippen LogP contribution in [-0.4, -0.2) is 11.8 Å². The third-order valence-corrected chi connectivity index (χ3v) is 2.99. The molecule has 6 heteroatoms. The zero-order chi connectivity index (χ0) is 15.7. The molecule has 0 spiro atoms. The van der Waals surface area contributed by atoms with Gasteiger partial charge in [-0.3, -0.25) is 9.59 Å². The molecule has 0 unspecified atom stereocenters. The van der Waals surface area contributed by atoms with E-state index in [0.29, 0.717) is 34.4 Å². The van der Waals surface area contributed by atoms with Crippen molar-refractivity contribution in [2.75, 3.05) is 10.6 Å². The van der Waals surface area contributed by atoms with Crippen LogP contribution in [0.4, 0.5) is 11.4 Å². The third-order valence-electron chi connectivity index (χ3n) is 2.99. The summed E-state index contributed by atoms with van der Waals surface area (Å²) in [6.07, 6.45) is 0. The number of anilines is 2. The van der Waals surface area contributed by atoms with E-state index in [1.165, 1.54) is 13.8 Å². The number of ether oxygens (including phenoxy) is 2. The van der Waals surface area contributed by atoms with Crippen molar-refractivity contribution in [3.8, 4) is 23.0 Å². The van der Waals surface area contributed by atoms with Crippen LogP contribution >= 0.6 is 0 Å². The van der Waals surface area contributed by atoms with Crippen LogP contribution in [0, 0.1) is 0 Å². The molecular formula is C16H14N2O4. The number of carbonyl (C=O) groups excluding carboxylic acids is 2. The van der Waals surface area contributed by atoms with Crippen molar-refractivity contribution in [2.24, 2.45) is 0 Å². The van der Waals surface area contributed by atoms with Gasteiger partial charge in [0, 0.05) is 25.6 Å². The minimum Gasteiger partial charge on any atom is -0.449 e. The standard InChI is InChI=1S/C16H14N2O4/c1-9(19)17-11-6-7-13-15(8-11)21-14-5-3-4-12(16(14)22-13)18-10(2)20/h3-8H,1-2H3,(H,17,19)(H,18,20). The van der Waals surface area contributed by atoms with E-state index < -0.39 is 0 Å². The van der Waals surface area contributed by atoms with Gasteiger partial charge in [-0.05, 0) is 24.3 Å². The predicted molar refractivity (Wildman–Crippen MR) is 81.6 cm³/mol. The molecule has 0 saturated heterocycles. The van der Waals surface area contributed by atoms with Gasteiger partial charge in [-0.25, -0.2) is 0 Å². The van der Waals surface area contributed by atoms with Gasteiger partial charge in [0.15, 0.2) is 23.0 Å².